The molecule has 0 spiro atoms. The van der Waals surface area contributed by atoms with Crippen molar-refractivity contribution in [1.29, 1.82) is 0 Å². The Kier molecular flexibility index (Phi) is 10.9. The highest BCUT2D eigenvalue weighted by atomic mass is 16.6. The van der Waals surface area contributed by atoms with Crippen LogP contribution < -0.4 is 0 Å². The molecule has 0 saturated carbocycles. The van der Waals surface area contributed by atoms with Crippen molar-refractivity contribution in [2.75, 3.05) is 79.0 Å². The lowest BCUT2D eigenvalue weighted by Gasteiger charge is -2.27. The Hall–Kier alpha value is -3.00. The molecule has 3 aliphatic rings. The standard InChI is InChI=1S/C26H35N5O7/c32-26-21-17-24(28-27-23-1-3-25(4-2-23)31(33)34)18-22(26)20-30-6-10-35-9-5-29(19-21)7-11-36-13-15-38-16-14-37-12-8-30/h1-4,17-18,32H,5-16,19-20H2. The maximum absolute atomic E-state index is 11.3. The first-order valence-electron chi connectivity index (χ1n) is 12.8. The van der Waals surface area contributed by atoms with Crippen LogP contribution in [0.15, 0.2) is 46.6 Å². The number of benzene rings is 2. The third-order valence-electron chi connectivity index (χ3n) is 6.33. The van der Waals surface area contributed by atoms with Crippen molar-refractivity contribution >= 4 is 17.1 Å². The summed E-state index contributed by atoms with van der Waals surface area (Å²) in [5.74, 6) is 0.243. The van der Waals surface area contributed by atoms with Gasteiger partial charge in [0.25, 0.3) is 5.69 Å². The third kappa shape index (κ3) is 8.79. The predicted octanol–water partition coefficient (Wildman–Crippen LogP) is 3.41. The minimum Gasteiger partial charge on any atom is -0.507 e. The molecule has 5 rings (SSSR count). The van der Waals surface area contributed by atoms with Gasteiger partial charge in [-0.05, 0) is 24.3 Å². The van der Waals surface area contributed by atoms with Gasteiger partial charge in [0.2, 0.25) is 0 Å². The molecular formula is C26H35N5O7. The van der Waals surface area contributed by atoms with E-state index in [-0.39, 0.29) is 11.4 Å². The lowest BCUT2D eigenvalue weighted by molar-refractivity contribution is -0.384. The van der Waals surface area contributed by atoms with Crippen LogP contribution in [0.1, 0.15) is 11.1 Å². The first kappa shape index (κ1) is 28.0. The molecule has 12 nitrogen and oxygen atoms in total. The second-order valence-corrected chi connectivity index (χ2v) is 9.09. The maximum Gasteiger partial charge on any atom is 0.269 e. The van der Waals surface area contributed by atoms with Crippen molar-refractivity contribution < 1.29 is 29.0 Å². The second-order valence-electron chi connectivity index (χ2n) is 9.09. The van der Waals surface area contributed by atoms with Crippen LogP contribution in [-0.4, -0.2) is 98.9 Å². The monoisotopic (exact) mass is 529 g/mol. The van der Waals surface area contributed by atoms with Crippen LogP contribution in [-0.2, 0) is 32.0 Å². The molecule has 0 amide bonds. The number of nitro benzene ring substituents is 1. The number of azo groups is 1. The molecule has 3 aliphatic heterocycles. The molecule has 2 aromatic carbocycles. The van der Waals surface area contributed by atoms with Gasteiger partial charge < -0.3 is 24.1 Å². The van der Waals surface area contributed by atoms with E-state index in [2.05, 4.69) is 20.0 Å². The zero-order valence-electron chi connectivity index (χ0n) is 21.5. The Balaban J connectivity index is 1.62. The minimum absolute atomic E-state index is 0.00442. The van der Waals surface area contributed by atoms with E-state index in [4.69, 9.17) is 18.9 Å². The number of phenols is 1. The van der Waals surface area contributed by atoms with Crippen molar-refractivity contribution in [2.45, 2.75) is 13.1 Å². The Morgan fingerprint density at radius 1 is 0.684 bits per heavy atom. The summed E-state index contributed by atoms with van der Waals surface area (Å²) in [5.41, 5.74) is 2.57. The first-order valence-corrected chi connectivity index (χ1v) is 12.8. The molecule has 4 bridgehead atoms. The zero-order valence-corrected chi connectivity index (χ0v) is 21.5. The topological polar surface area (TPSA) is 131 Å². The molecule has 1 saturated heterocycles. The van der Waals surface area contributed by atoms with Gasteiger partial charge in [0.15, 0.2) is 0 Å². The van der Waals surface area contributed by atoms with E-state index in [1.807, 2.05) is 12.1 Å². The van der Waals surface area contributed by atoms with E-state index in [1.165, 1.54) is 12.1 Å². The van der Waals surface area contributed by atoms with Crippen molar-refractivity contribution in [2.24, 2.45) is 10.2 Å². The number of rotatable bonds is 3. The highest BCUT2D eigenvalue weighted by Gasteiger charge is 2.18. The van der Waals surface area contributed by atoms with Gasteiger partial charge in [-0.2, -0.15) is 10.2 Å². The van der Waals surface area contributed by atoms with Gasteiger partial charge in [-0.1, -0.05) is 0 Å². The summed E-state index contributed by atoms with van der Waals surface area (Å²) in [7, 11) is 0. The fourth-order valence-corrected chi connectivity index (χ4v) is 4.24. The highest BCUT2D eigenvalue weighted by Crippen LogP contribution is 2.32. The van der Waals surface area contributed by atoms with Gasteiger partial charge in [0.1, 0.15) is 5.75 Å². The lowest BCUT2D eigenvalue weighted by atomic mass is 10.1. The molecule has 3 heterocycles. The van der Waals surface area contributed by atoms with Gasteiger partial charge in [-0.15, -0.1) is 0 Å². The molecule has 38 heavy (non-hydrogen) atoms. The van der Waals surface area contributed by atoms with Crippen molar-refractivity contribution in [3.63, 3.8) is 0 Å². The van der Waals surface area contributed by atoms with Crippen LogP contribution in [0.3, 0.4) is 0 Å². The Labute approximate surface area is 221 Å². The van der Waals surface area contributed by atoms with Crippen molar-refractivity contribution in [3.05, 3.63) is 57.6 Å². The Morgan fingerprint density at radius 2 is 1.11 bits per heavy atom. The van der Waals surface area contributed by atoms with Crippen molar-refractivity contribution in [3.8, 4) is 5.75 Å². The van der Waals surface area contributed by atoms with E-state index in [9.17, 15) is 15.2 Å². The maximum atomic E-state index is 11.3. The summed E-state index contributed by atoms with van der Waals surface area (Å²) in [4.78, 5) is 14.8. The van der Waals surface area contributed by atoms with Crippen LogP contribution in [0, 0.1) is 10.1 Å². The molecule has 2 atom stereocenters. The molecule has 0 aromatic heterocycles. The fraction of sp³-hybridized carbons (Fsp3) is 0.538. The van der Waals surface area contributed by atoms with E-state index >= 15 is 0 Å². The normalized spacial score (nSPS) is 22.6. The van der Waals surface area contributed by atoms with Crippen LogP contribution in [0.5, 0.6) is 5.75 Å². The molecule has 2 unspecified atom stereocenters. The number of phenolic OH excluding ortho intramolecular Hbond substituents is 1. The number of fused-ring (bicyclic) bond motifs is 14. The highest BCUT2D eigenvalue weighted by molar-refractivity contribution is 5.53. The number of ether oxygens (including phenoxy) is 4. The molecule has 2 aromatic rings. The quantitative estimate of drug-likeness (QED) is 0.275. The van der Waals surface area contributed by atoms with Crippen LogP contribution >= 0.6 is 0 Å². The van der Waals surface area contributed by atoms with Gasteiger partial charge in [0.05, 0.1) is 69.2 Å². The third-order valence-corrected chi connectivity index (χ3v) is 6.33. The molecular weight excluding hydrogens is 494 g/mol. The van der Waals surface area contributed by atoms with Crippen LogP contribution in [0.25, 0.3) is 0 Å². The summed E-state index contributed by atoms with van der Waals surface area (Å²) in [6, 6.07) is 9.56. The molecule has 12 heteroatoms. The van der Waals surface area contributed by atoms with Crippen molar-refractivity contribution in [1.82, 2.24) is 9.80 Å². The lowest BCUT2D eigenvalue weighted by Crippen LogP contribution is -2.34. The molecule has 206 valence electrons. The fourth-order valence-electron chi connectivity index (χ4n) is 4.24. The van der Waals surface area contributed by atoms with Gasteiger partial charge in [-0.25, -0.2) is 0 Å². The van der Waals surface area contributed by atoms with E-state index in [1.54, 1.807) is 12.1 Å². The number of aromatic hydroxyl groups is 1. The summed E-state index contributed by atoms with van der Waals surface area (Å²) < 4.78 is 23.0. The number of hydrogen-bond acceptors (Lipinski definition) is 11. The number of non-ortho nitro benzene ring substituents is 1. The van der Waals surface area contributed by atoms with Crippen LogP contribution in [0.4, 0.5) is 17.1 Å². The van der Waals surface area contributed by atoms with Gasteiger partial charge in [-0.3, -0.25) is 19.9 Å². The Morgan fingerprint density at radius 3 is 1.58 bits per heavy atom. The minimum atomic E-state index is -0.452. The largest absolute Gasteiger partial charge is 0.507 e. The number of nitrogens with zero attached hydrogens (tertiary/aromatic N) is 5. The summed E-state index contributed by atoms with van der Waals surface area (Å²) in [6.07, 6.45) is 0. The smallest absolute Gasteiger partial charge is 0.269 e. The van der Waals surface area contributed by atoms with Crippen LogP contribution in [0.2, 0.25) is 0 Å². The molecule has 0 radical (unpaired) electrons. The van der Waals surface area contributed by atoms with Gasteiger partial charge in [0, 0.05) is 62.5 Å². The molecule has 0 aliphatic carbocycles. The summed E-state index contributed by atoms with van der Waals surface area (Å²) >= 11 is 0. The summed E-state index contributed by atoms with van der Waals surface area (Å²) in [5, 5.41) is 30.9. The van der Waals surface area contributed by atoms with Gasteiger partial charge >= 0.3 is 0 Å². The second kappa shape index (κ2) is 14.8. The van der Waals surface area contributed by atoms with E-state index in [0.717, 1.165) is 11.1 Å². The van der Waals surface area contributed by atoms with E-state index < -0.39 is 4.92 Å². The molecule has 1 N–H and O–H groups in total. The summed E-state index contributed by atoms with van der Waals surface area (Å²) in [6.45, 7) is 7.94. The number of hydrogen-bond donors (Lipinski definition) is 1. The zero-order chi connectivity index (χ0) is 26.6. The SMILES string of the molecule is O=[N+]([O-])c1ccc(N=Nc2cc3c(O)c(c2)CN2CCOCCOCCOCCN(CCOCC2)C3)cc1. The molecule has 1 fully saturated rings. The first-order chi connectivity index (χ1) is 18.6. The Bertz CT molecular complexity index is 1020. The predicted molar refractivity (Wildman–Crippen MR) is 139 cm³/mol. The van der Waals surface area contributed by atoms with E-state index in [0.29, 0.717) is 103 Å². The average Bonchev–Trinajstić information content (AvgIpc) is 2.91. The average molecular weight is 530 g/mol. The number of nitro groups is 1.